The van der Waals surface area contributed by atoms with Gasteiger partial charge in [-0.25, -0.2) is 0 Å². The van der Waals surface area contributed by atoms with E-state index in [9.17, 15) is 0 Å². The molecule has 1 nitrogen and oxygen atoms in total. The summed E-state index contributed by atoms with van der Waals surface area (Å²) in [5.41, 5.74) is 6.50. The average Bonchev–Trinajstić information content (AvgIpc) is 2.19. The van der Waals surface area contributed by atoms with Crippen LogP contribution in [0.15, 0.2) is 18.2 Å². The first kappa shape index (κ1) is 12.2. The lowest BCUT2D eigenvalue weighted by molar-refractivity contribution is 0.943. The Bertz CT molecular complexity index is 291. The molecule has 0 heterocycles. The Balaban J connectivity index is 2.46. The molecule has 0 aromatic heterocycles. The van der Waals surface area contributed by atoms with E-state index in [1.807, 2.05) is 23.9 Å². The smallest absolute Gasteiger partial charge is 0.0632 e. The zero-order valence-corrected chi connectivity index (χ0v) is 10.1. The molecule has 0 bridgehead atoms. The number of rotatable bonds is 5. The number of hydrogen-bond donors (Lipinski definition) is 1. The molecule has 0 aliphatic carbocycles. The molecule has 1 aromatic rings. The Kier molecular flexibility index (Phi) is 5.71. The van der Waals surface area contributed by atoms with Crippen molar-refractivity contribution >= 4 is 35.0 Å². The summed E-state index contributed by atoms with van der Waals surface area (Å²) in [7, 11) is 0. The maximum Gasteiger partial charge on any atom is 0.0632 e. The van der Waals surface area contributed by atoms with Crippen LogP contribution in [0.2, 0.25) is 10.0 Å². The minimum atomic E-state index is 0.628. The van der Waals surface area contributed by atoms with Gasteiger partial charge in [0.1, 0.15) is 0 Å². The van der Waals surface area contributed by atoms with Crippen molar-refractivity contribution in [3.63, 3.8) is 0 Å². The van der Waals surface area contributed by atoms with Gasteiger partial charge in [-0.3, -0.25) is 0 Å². The summed E-state index contributed by atoms with van der Waals surface area (Å²) < 4.78 is 0. The van der Waals surface area contributed by atoms with E-state index in [0.29, 0.717) is 10.0 Å². The second-order valence-corrected chi connectivity index (χ2v) is 4.80. The molecule has 0 radical (unpaired) electrons. The number of halogens is 2. The van der Waals surface area contributed by atoms with Crippen molar-refractivity contribution in [3.8, 4) is 0 Å². The van der Waals surface area contributed by atoms with Gasteiger partial charge in [-0.15, -0.1) is 0 Å². The normalized spacial score (nSPS) is 10.5. The number of nitrogens with two attached hydrogens (primary N) is 1. The highest BCUT2D eigenvalue weighted by Crippen LogP contribution is 2.28. The molecule has 0 aliphatic rings. The number of benzene rings is 1. The molecule has 14 heavy (non-hydrogen) atoms. The minimum absolute atomic E-state index is 0.628. The van der Waals surface area contributed by atoms with E-state index in [1.165, 1.54) is 0 Å². The van der Waals surface area contributed by atoms with Crippen molar-refractivity contribution in [3.05, 3.63) is 33.8 Å². The van der Waals surface area contributed by atoms with Crippen molar-refractivity contribution in [2.75, 3.05) is 12.3 Å². The van der Waals surface area contributed by atoms with Crippen LogP contribution in [-0.2, 0) is 5.75 Å². The van der Waals surface area contributed by atoms with Gasteiger partial charge >= 0.3 is 0 Å². The maximum absolute atomic E-state index is 6.04. The first-order valence-electron chi connectivity index (χ1n) is 4.46. The fourth-order valence-corrected chi connectivity index (χ4v) is 2.47. The lowest BCUT2D eigenvalue weighted by atomic mass is 10.2. The Hall–Kier alpha value is 0.110. The fourth-order valence-electron chi connectivity index (χ4n) is 1.03. The molecule has 0 amide bonds. The van der Waals surface area contributed by atoms with Crippen molar-refractivity contribution in [2.24, 2.45) is 5.73 Å². The van der Waals surface area contributed by atoms with Gasteiger partial charge in [0.15, 0.2) is 0 Å². The first-order chi connectivity index (χ1) is 6.75. The van der Waals surface area contributed by atoms with E-state index in [0.717, 1.165) is 30.0 Å². The average molecular weight is 250 g/mol. The molecule has 0 saturated heterocycles. The van der Waals surface area contributed by atoms with Gasteiger partial charge < -0.3 is 5.73 Å². The van der Waals surface area contributed by atoms with E-state index in [1.54, 1.807) is 6.07 Å². The van der Waals surface area contributed by atoms with Gasteiger partial charge in [0.2, 0.25) is 0 Å². The third kappa shape index (κ3) is 3.70. The molecule has 0 saturated carbocycles. The molecule has 4 heteroatoms. The molecule has 2 N–H and O–H groups in total. The molecule has 0 unspecified atom stereocenters. The van der Waals surface area contributed by atoms with E-state index in [2.05, 4.69) is 0 Å². The summed E-state index contributed by atoms with van der Waals surface area (Å²) in [4.78, 5) is 0. The van der Waals surface area contributed by atoms with Gasteiger partial charge in [-0.2, -0.15) is 11.8 Å². The topological polar surface area (TPSA) is 26.0 Å². The third-order valence-electron chi connectivity index (χ3n) is 1.78. The van der Waals surface area contributed by atoms with E-state index >= 15 is 0 Å². The molecule has 1 aromatic carbocycles. The summed E-state index contributed by atoms with van der Waals surface area (Å²) in [6.07, 6.45) is 1.04. The summed E-state index contributed by atoms with van der Waals surface area (Å²) >= 11 is 13.8. The lowest BCUT2D eigenvalue weighted by Gasteiger charge is -2.04. The highest BCUT2D eigenvalue weighted by Gasteiger charge is 2.03. The van der Waals surface area contributed by atoms with Crippen LogP contribution in [0.5, 0.6) is 0 Å². The predicted octanol–water partition coefficient (Wildman–Crippen LogP) is 3.58. The largest absolute Gasteiger partial charge is 0.330 e. The molecular formula is C10H13Cl2NS. The Labute approximate surface area is 99.0 Å². The Morgan fingerprint density at radius 2 is 2.07 bits per heavy atom. The zero-order valence-electron chi connectivity index (χ0n) is 7.80. The molecule has 78 valence electrons. The maximum atomic E-state index is 6.04. The number of hydrogen-bond acceptors (Lipinski definition) is 2. The highest BCUT2D eigenvalue weighted by atomic mass is 35.5. The molecule has 0 atom stereocenters. The molecule has 0 aliphatic heterocycles. The summed E-state index contributed by atoms with van der Waals surface area (Å²) in [6.45, 7) is 0.746. The van der Waals surface area contributed by atoms with Crippen LogP contribution >= 0.6 is 35.0 Å². The molecular weight excluding hydrogens is 237 g/mol. The summed E-state index contributed by atoms with van der Waals surface area (Å²) in [6, 6.07) is 5.73. The van der Waals surface area contributed by atoms with Gasteiger partial charge in [0.05, 0.1) is 10.0 Å². The quantitative estimate of drug-likeness (QED) is 0.808. The fraction of sp³-hybridized carbons (Fsp3) is 0.400. The number of thioether (sulfide) groups is 1. The van der Waals surface area contributed by atoms with Crippen molar-refractivity contribution < 1.29 is 0 Å². The monoisotopic (exact) mass is 249 g/mol. The van der Waals surface area contributed by atoms with Crippen molar-refractivity contribution in [1.29, 1.82) is 0 Å². The predicted molar refractivity (Wildman–Crippen MR) is 66.3 cm³/mol. The third-order valence-corrected chi connectivity index (χ3v) is 3.73. The van der Waals surface area contributed by atoms with Crippen LogP contribution < -0.4 is 5.73 Å². The van der Waals surface area contributed by atoms with Crippen LogP contribution in [0.1, 0.15) is 12.0 Å². The first-order valence-corrected chi connectivity index (χ1v) is 6.37. The van der Waals surface area contributed by atoms with Gasteiger partial charge in [-0.1, -0.05) is 35.3 Å². The van der Waals surface area contributed by atoms with E-state index in [-0.39, 0.29) is 0 Å². The van der Waals surface area contributed by atoms with Crippen molar-refractivity contribution in [2.45, 2.75) is 12.2 Å². The molecule has 1 rings (SSSR count). The lowest BCUT2D eigenvalue weighted by Crippen LogP contribution is -1.99. The minimum Gasteiger partial charge on any atom is -0.330 e. The summed E-state index contributed by atoms with van der Waals surface area (Å²) in [5.74, 6) is 1.97. The zero-order chi connectivity index (χ0) is 10.4. The second kappa shape index (κ2) is 6.57. The Morgan fingerprint density at radius 1 is 1.29 bits per heavy atom. The second-order valence-electron chi connectivity index (χ2n) is 2.91. The van der Waals surface area contributed by atoms with Crippen molar-refractivity contribution in [1.82, 2.24) is 0 Å². The van der Waals surface area contributed by atoms with Crippen LogP contribution in [0.4, 0.5) is 0 Å². The molecule has 0 fully saturated rings. The standard InChI is InChI=1S/C10H13Cl2NS/c11-9-4-1-3-8(10(9)12)7-14-6-2-5-13/h1,3-4H,2,5-7,13H2. The van der Waals surface area contributed by atoms with E-state index < -0.39 is 0 Å². The van der Waals surface area contributed by atoms with Gasteiger partial charge in [0, 0.05) is 5.75 Å². The SMILES string of the molecule is NCCCSCc1cccc(Cl)c1Cl. The van der Waals surface area contributed by atoms with Gasteiger partial charge in [-0.05, 0) is 30.3 Å². The van der Waals surface area contributed by atoms with Crippen LogP contribution in [0, 0.1) is 0 Å². The van der Waals surface area contributed by atoms with E-state index in [4.69, 9.17) is 28.9 Å². The van der Waals surface area contributed by atoms with Crippen LogP contribution in [0.3, 0.4) is 0 Å². The highest BCUT2D eigenvalue weighted by molar-refractivity contribution is 7.98. The Morgan fingerprint density at radius 3 is 2.79 bits per heavy atom. The van der Waals surface area contributed by atoms with Gasteiger partial charge in [0.25, 0.3) is 0 Å². The van der Waals surface area contributed by atoms with Crippen LogP contribution in [-0.4, -0.2) is 12.3 Å². The summed E-state index contributed by atoms with van der Waals surface area (Å²) in [5, 5.41) is 1.30. The van der Waals surface area contributed by atoms with Crippen LogP contribution in [0.25, 0.3) is 0 Å². The molecule has 0 spiro atoms.